The highest BCUT2D eigenvalue weighted by molar-refractivity contribution is 7.47. The Kier molecular flexibility index (Phi) is 73.2. The highest BCUT2D eigenvalue weighted by Crippen LogP contribution is 2.45. The molecule has 588 valence electrons. The van der Waals surface area contributed by atoms with Crippen molar-refractivity contribution >= 4 is 33.6 Å². The van der Waals surface area contributed by atoms with E-state index in [0.717, 1.165) is 186 Å². The lowest BCUT2D eigenvalue weighted by molar-refractivity contribution is -0.161. The first kappa shape index (κ1) is 98.2. The molecule has 18 heteroatoms. The summed E-state index contributed by atoms with van der Waals surface area (Å²) in [5.74, 6) is -1.60. The summed E-state index contributed by atoms with van der Waals surface area (Å²) in [6, 6.07) is 0. The Morgan fingerprint density at radius 3 is 0.816 bits per heavy atom. The van der Waals surface area contributed by atoms with Crippen LogP contribution in [-0.2, 0) is 55.8 Å². The average molecular weight is 1480 g/mol. The fraction of sp³-hybridized carbons (Fsp3) is 0.659. The third-order valence-corrected chi connectivity index (χ3v) is 18.1. The molecule has 0 saturated carbocycles. The second kappa shape index (κ2) is 76.8. The molecule has 0 heterocycles. The molecule has 4 N–H and O–H groups in total. The van der Waals surface area contributed by atoms with E-state index in [1.807, 2.05) is 0 Å². The largest absolute Gasteiger partial charge is 0.472 e. The number of rotatable bonds is 74. The number of ether oxygens (including phenoxy) is 3. The van der Waals surface area contributed by atoms with Gasteiger partial charge in [-0.15, -0.1) is 0 Å². The number of carbonyl (C=O) groups excluding carboxylic acids is 3. The van der Waals surface area contributed by atoms with Crippen LogP contribution in [-0.4, -0.2) is 95.9 Å². The van der Waals surface area contributed by atoms with E-state index in [1.165, 1.54) is 57.8 Å². The van der Waals surface area contributed by atoms with Crippen molar-refractivity contribution in [3.8, 4) is 0 Å². The minimum absolute atomic E-state index is 0.0839. The first-order valence-corrected chi connectivity index (χ1v) is 42.8. The molecule has 0 rings (SSSR count). The Hall–Kier alpha value is -4.83. The van der Waals surface area contributed by atoms with Crippen molar-refractivity contribution in [3.05, 3.63) is 158 Å². The van der Waals surface area contributed by atoms with Gasteiger partial charge in [-0.1, -0.05) is 301 Å². The summed E-state index contributed by atoms with van der Waals surface area (Å²) in [4.78, 5) is 58.6. The molecular weight excluding hydrogens is 1340 g/mol. The van der Waals surface area contributed by atoms with Crippen LogP contribution in [0.1, 0.15) is 303 Å². The number of aliphatic hydroxyl groups excluding tert-OH is 2. The van der Waals surface area contributed by atoms with Gasteiger partial charge < -0.3 is 34.2 Å². The van der Waals surface area contributed by atoms with E-state index in [-0.39, 0.29) is 19.3 Å². The van der Waals surface area contributed by atoms with Crippen molar-refractivity contribution in [1.29, 1.82) is 0 Å². The molecule has 0 saturated heterocycles. The van der Waals surface area contributed by atoms with Gasteiger partial charge in [0.25, 0.3) is 0 Å². The molecule has 103 heavy (non-hydrogen) atoms. The van der Waals surface area contributed by atoms with Crippen LogP contribution in [0.25, 0.3) is 0 Å². The van der Waals surface area contributed by atoms with Gasteiger partial charge in [0.2, 0.25) is 0 Å². The summed E-state index contributed by atoms with van der Waals surface area (Å²) < 4.78 is 61.1. The first-order valence-electron chi connectivity index (χ1n) is 39.8. The summed E-state index contributed by atoms with van der Waals surface area (Å²) in [5, 5.41) is 20.6. The lowest BCUT2D eigenvalue weighted by Crippen LogP contribution is -2.30. The zero-order valence-corrected chi connectivity index (χ0v) is 66.0. The van der Waals surface area contributed by atoms with Crippen LogP contribution in [0.2, 0.25) is 0 Å². The molecule has 5 unspecified atom stereocenters. The van der Waals surface area contributed by atoms with Gasteiger partial charge in [0, 0.05) is 19.3 Å². The van der Waals surface area contributed by atoms with Crippen LogP contribution in [0.5, 0.6) is 0 Å². The summed E-state index contributed by atoms with van der Waals surface area (Å²) in [6.07, 6.45) is 95.8. The van der Waals surface area contributed by atoms with Crippen molar-refractivity contribution in [2.24, 2.45) is 0 Å². The normalized spacial score (nSPS) is 14.8. The lowest BCUT2D eigenvalue weighted by Gasteiger charge is -2.21. The van der Waals surface area contributed by atoms with E-state index < -0.39 is 91.5 Å². The monoisotopic (exact) mass is 1480 g/mol. The van der Waals surface area contributed by atoms with Gasteiger partial charge in [0.15, 0.2) is 6.10 Å². The number of hydrogen-bond donors (Lipinski definition) is 4. The first-order chi connectivity index (χ1) is 50.2. The number of phosphoric ester groups is 2. The maximum absolute atomic E-state index is 13.0. The van der Waals surface area contributed by atoms with Gasteiger partial charge in [-0.3, -0.25) is 32.5 Å². The number of esters is 3. The molecular formula is C85H142O16P2. The van der Waals surface area contributed by atoms with Crippen molar-refractivity contribution in [2.45, 2.75) is 322 Å². The molecule has 0 amide bonds. The molecule has 0 aliphatic heterocycles. The van der Waals surface area contributed by atoms with Gasteiger partial charge in [-0.2, -0.15) is 0 Å². The number of unbranched alkanes of at least 4 members (excludes halogenated alkanes) is 25. The van der Waals surface area contributed by atoms with Crippen LogP contribution in [0.4, 0.5) is 0 Å². The molecule has 0 aliphatic rings. The van der Waals surface area contributed by atoms with E-state index in [4.69, 9.17) is 32.3 Å². The number of allylic oxidation sites excluding steroid dienone is 26. The van der Waals surface area contributed by atoms with Crippen molar-refractivity contribution in [1.82, 2.24) is 0 Å². The maximum Gasteiger partial charge on any atom is 0.472 e. The van der Waals surface area contributed by atoms with Crippen LogP contribution in [0, 0.1) is 0 Å². The summed E-state index contributed by atoms with van der Waals surface area (Å²) in [7, 11) is -9.80. The third kappa shape index (κ3) is 78.1. The van der Waals surface area contributed by atoms with Gasteiger partial charge in [0.05, 0.1) is 26.4 Å². The van der Waals surface area contributed by atoms with E-state index in [1.54, 1.807) is 0 Å². The zero-order valence-electron chi connectivity index (χ0n) is 64.2. The topological polar surface area (TPSA) is 231 Å². The van der Waals surface area contributed by atoms with Gasteiger partial charge in [-0.05, 0) is 141 Å². The van der Waals surface area contributed by atoms with Gasteiger partial charge in [0.1, 0.15) is 25.4 Å². The summed E-state index contributed by atoms with van der Waals surface area (Å²) in [5.41, 5.74) is 0. The van der Waals surface area contributed by atoms with Crippen molar-refractivity contribution in [2.75, 3.05) is 39.6 Å². The highest BCUT2D eigenvalue weighted by Gasteiger charge is 2.29. The van der Waals surface area contributed by atoms with Crippen LogP contribution in [0.3, 0.4) is 0 Å². The Balaban J connectivity index is 4.55. The van der Waals surface area contributed by atoms with E-state index in [0.29, 0.717) is 19.3 Å². The molecule has 0 radical (unpaired) electrons. The minimum Gasteiger partial charge on any atom is -0.463 e. The average Bonchev–Trinajstić information content (AvgIpc) is 0.924. The molecule has 0 spiro atoms. The number of phosphoric acid groups is 2. The minimum atomic E-state index is -4.94. The smallest absolute Gasteiger partial charge is 0.463 e. The van der Waals surface area contributed by atoms with E-state index in [2.05, 4.69) is 179 Å². The molecule has 16 nitrogen and oxygen atoms in total. The van der Waals surface area contributed by atoms with Crippen LogP contribution < -0.4 is 0 Å². The standard InChI is InChI=1S/C85H142O16P2/c1-4-7-10-13-16-19-22-25-27-29-31-33-35-37-39-41-43-45-47-49-51-54-56-59-62-65-68-71-83(88)95-74-80(86)75-97-102(91,92)98-76-81(87)77-99-103(93,94)100-79-82(101-85(90)73-70-67-64-61-58-53-24-21-18-15-12-9-6-3)78-96-84(89)72-69-66-63-60-57-55-52-50-48-46-44-42-40-38-36-34-32-30-28-26-23-20-17-14-11-8-5-2/h7-8,10-12,15-17,19-21,24-28,31-34,37-40,43,45,80-82,86-87H,4-6,9,13-14,18,22-23,29-30,35-36,41-42,44,46-79H2,1-3H3,(H,91,92)(H,93,94)/b10-7-,11-8-,15-12-,19-16-,20-17-,24-21-,27-25-,28-26-,33-31-,34-32-,39-37-,40-38-,45-43-. The second-order valence-corrected chi connectivity index (χ2v) is 29.0. The van der Waals surface area contributed by atoms with Gasteiger partial charge >= 0.3 is 33.6 Å². The molecule has 0 aromatic rings. The number of aliphatic hydroxyl groups is 2. The van der Waals surface area contributed by atoms with Crippen LogP contribution >= 0.6 is 15.6 Å². The van der Waals surface area contributed by atoms with Crippen molar-refractivity contribution < 1.29 is 75.8 Å². The Morgan fingerprint density at radius 2 is 0.515 bits per heavy atom. The fourth-order valence-electron chi connectivity index (χ4n) is 10.2. The number of carbonyl (C=O) groups is 3. The zero-order chi connectivity index (χ0) is 75.2. The predicted octanol–water partition coefficient (Wildman–Crippen LogP) is 23.4. The summed E-state index contributed by atoms with van der Waals surface area (Å²) >= 11 is 0. The molecule has 0 bridgehead atoms. The fourth-order valence-corrected chi connectivity index (χ4v) is 11.8. The predicted molar refractivity (Wildman–Crippen MR) is 426 cm³/mol. The molecule has 5 atom stereocenters. The second-order valence-electron chi connectivity index (χ2n) is 26.1. The Morgan fingerprint density at radius 1 is 0.282 bits per heavy atom. The van der Waals surface area contributed by atoms with E-state index in [9.17, 15) is 43.5 Å². The Labute approximate surface area is 625 Å². The highest BCUT2D eigenvalue weighted by atomic mass is 31.2. The van der Waals surface area contributed by atoms with Gasteiger partial charge in [-0.25, -0.2) is 9.13 Å². The Bertz CT molecular complexity index is 2500. The molecule has 0 fully saturated rings. The third-order valence-electron chi connectivity index (χ3n) is 16.2. The lowest BCUT2D eigenvalue weighted by atomic mass is 10.0. The maximum atomic E-state index is 13.0. The molecule has 0 aromatic carbocycles. The quantitative estimate of drug-likeness (QED) is 0.0146. The molecule has 0 aliphatic carbocycles. The SMILES string of the molecule is CC/C=C\C/C=C\C/C=C\C/C=C\C/C=C\C/C=C\CCCCCCCCCCC(=O)OCC(O)COP(=O)(O)OCC(O)COP(=O)(O)OCC(COC(=O)CCCCCCCCCCCCC/C=C\C/C=C\C/C=C\C/C=C\C/C=C\CC)OC(=O)CCCCCCC/C=C\C/C=C\CCC. The van der Waals surface area contributed by atoms with Crippen LogP contribution in [0.15, 0.2) is 158 Å². The molecule has 0 aromatic heterocycles. The number of hydrogen-bond acceptors (Lipinski definition) is 14. The van der Waals surface area contributed by atoms with Crippen molar-refractivity contribution in [3.63, 3.8) is 0 Å². The van der Waals surface area contributed by atoms with E-state index >= 15 is 0 Å². The summed E-state index contributed by atoms with van der Waals surface area (Å²) in [6.45, 7) is 2.36.